The smallest absolute Gasteiger partial charge is 0.261 e. The third-order valence-electron chi connectivity index (χ3n) is 6.10. The summed E-state index contributed by atoms with van der Waals surface area (Å²) in [5.74, 6) is 1.74. The van der Waals surface area contributed by atoms with Gasteiger partial charge in [0.1, 0.15) is 5.82 Å². The van der Waals surface area contributed by atoms with Crippen molar-refractivity contribution in [3.05, 3.63) is 77.7 Å². The Bertz CT molecular complexity index is 1290. The first-order chi connectivity index (χ1) is 17.2. The molecule has 178 valence electrons. The predicted molar refractivity (Wildman–Crippen MR) is 134 cm³/mol. The molecule has 0 bridgehead atoms. The number of piperidine rings is 1. The maximum absolute atomic E-state index is 12.7. The van der Waals surface area contributed by atoms with E-state index in [0.717, 1.165) is 55.0 Å². The molecule has 0 aliphatic carbocycles. The van der Waals surface area contributed by atoms with Crippen molar-refractivity contribution in [2.45, 2.75) is 19.3 Å². The quantitative estimate of drug-likeness (QED) is 0.411. The number of aromatic nitrogens is 4. The van der Waals surface area contributed by atoms with E-state index >= 15 is 0 Å². The first-order valence-electron chi connectivity index (χ1n) is 11.6. The molecule has 1 N–H and O–H groups in total. The van der Waals surface area contributed by atoms with Crippen LogP contribution in [-0.4, -0.2) is 45.7 Å². The topological polar surface area (TPSA) is 97.0 Å². The van der Waals surface area contributed by atoms with Crippen LogP contribution >= 0.6 is 11.6 Å². The van der Waals surface area contributed by atoms with E-state index in [9.17, 15) is 4.79 Å². The Kier molecular flexibility index (Phi) is 6.99. The number of nitrogens with zero attached hydrogens (tertiary/aromatic N) is 5. The molecular formula is C26H25ClN6O2. The molecule has 4 aromatic rings. The molecule has 35 heavy (non-hydrogen) atoms. The summed E-state index contributed by atoms with van der Waals surface area (Å²) in [6.45, 7) is 2.03. The van der Waals surface area contributed by atoms with E-state index in [4.69, 9.17) is 16.1 Å². The largest absolute Gasteiger partial charge is 0.356 e. The number of hydrogen-bond acceptors (Lipinski definition) is 7. The molecule has 1 aliphatic heterocycles. The van der Waals surface area contributed by atoms with Gasteiger partial charge >= 0.3 is 0 Å². The molecule has 1 aliphatic rings. The molecule has 0 radical (unpaired) electrons. The van der Waals surface area contributed by atoms with Gasteiger partial charge < -0.3 is 14.7 Å². The fraction of sp³-hybridized carbons (Fsp3) is 0.269. The highest BCUT2D eigenvalue weighted by atomic mass is 35.5. The van der Waals surface area contributed by atoms with Crippen LogP contribution in [0.4, 0.5) is 5.82 Å². The van der Waals surface area contributed by atoms with E-state index in [2.05, 4.69) is 30.3 Å². The molecule has 8 nitrogen and oxygen atoms in total. The Hall–Kier alpha value is -3.78. The van der Waals surface area contributed by atoms with Crippen molar-refractivity contribution >= 4 is 23.3 Å². The molecule has 1 aromatic carbocycles. The zero-order valence-electron chi connectivity index (χ0n) is 19.1. The molecule has 1 amide bonds. The third-order valence-corrected chi connectivity index (χ3v) is 6.33. The fourth-order valence-corrected chi connectivity index (χ4v) is 4.44. The summed E-state index contributed by atoms with van der Waals surface area (Å²) in [6, 6.07) is 16.9. The minimum absolute atomic E-state index is 0.0139. The van der Waals surface area contributed by atoms with Crippen LogP contribution in [0.1, 0.15) is 18.5 Å². The highest BCUT2D eigenvalue weighted by Gasteiger charge is 2.27. The number of pyridine rings is 2. The second kappa shape index (κ2) is 10.7. The molecule has 1 fully saturated rings. The zero-order valence-corrected chi connectivity index (χ0v) is 19.9. The molecule has 4 heterocycles. The van der Waals surface area contributed by atoms with Crippen molar-refractivity contribution in [2.24, 2.45) is 5.92 Å². The van der Waals surface area contributed by atoms with Gasteiger partial charge in [0, 0.05) is 60.6 Å². The average Bonchev–Trinajstić information content (AvgIpc) is 3.40. The molecule has 5 rings (SSSR count). The Labute approximate surface area is 208 Å². The number of rotatable bonds is 7. The second-order valence-corrected chi connectivity index (χ2v) is 8.87. The van der Waals surface area contributed by atoms with Crippen LogP contribution in [0.2, 0.25) is 5.02 Å². The third kappa shape index (κ3) is 5.49. The number of benzene rings is 1. The van der Waals surface area contributed by atoms with Gasteiger partial charge in [0.05, 0.1) is 5.56 Å². The van der Waals surface area contributed by atoms with Crippen LogP contribution in [0.5, 0.6) is 0 Å². The Morgan fingerprint density at radius 1 is 1.06 bits per heavy atom. The number of halogens is 1. The van der Waals surface area contributed by atoms with E-state index < -0.39 is 0 Å². The van der Waals surface area contributed by atoms with Gasteiger partial charge in [-0.2, -0.15) is 4.98 Å². The number of nitrogens with one attached hydrogen (secondary N) is 1. The lowest BCUT2D eigenvalue weighted by Gasteiger charge is -2.32. The molecule has 0 atom stereocenters. The standard InChI is InChI=1S/C26H25ClN6O2/c27-20-6-3-5-19(17-20)23-31-26(35-32-23)22-8-4-13-29-24(22)33-15-10-18(11-16-33)25(34)30-14-9-21-7-1-2-12-28-21/h1-8,12-13,17-18H,9-11,14-16H2,(H,30,34). The lowest BCUT2D eigenvalue weighted by atomic mass is 9.95. The number of anilines is 1. The van der Waals surface area contributed by atoms with Crippen LogP contribution in [0.25, 0.3) is 22.8 Å². The SMILES string of the molecule is O=C(NCCc1ccccn1)C1CCN(c2ncccc2-c2nc(-c3cccc(Cl)c3)no2)CC1. The van der Waals surface area contributed by atoms with Gasteiger partial charge in [-0.05, 0) is 49.2 Å². The molecule has 3 aromatic heterocycles. The second-order valence-electron chi connectivity index (χ2n) is 8.43. The molecule has 0 saturated carbocycles. The lowest BCUT2D eigenvalue weighted by molar-refractivity contribution is -0.125. The summed E-state index contributed by atoms with van der Waals surface area (Å²) in [5, 5.41) is 7.80. The summed E-state index contributed by atoms with van der Waals surface area (Å²) < 4.78 is 5.58. The first-order valence-corrected chi connectivity index (χ1v) is 12.0. The van der Waals surface area contributed by atoms with Crippen LogP contribution in [0.15, 0.2) is 71.5 Å². The van der Waals surface area contributed by atoms with Crippen molar-refractivity contribution in [1.82, 2.24) is 25.4 Å². The fourth-order valence-electron chi connectivity index (χ4n) is 4.25. The van der Waals surface area contributed by atoms with Crippen molar-refractivity contribution < 1.29 is 9.32 Å². The lowest BCUT2D eigenvalue weighted by Crippen LogP contribution is -2.41. The highest BCUT2D eigenvalue weighted by Crippen LogP contribution is 2.32. The summed E-state index contributed by atoms with van der Waals surface area (Å²) >= 11 is 6.10. The van der Waals surface area contributed by atoms with Crippen molar-refractivity contribution in [3.63, 3.8) is 0 Å². The van der Waals surface area contributed by atoms with E-state index in [1.165, 1.54) is 0 Å². The monoisotopic (exact) mass is 488 g/mol. The van der Waals surface area contributed by atoms with Crippen molar-refractivity contribution in [2.75, 3.05) is 24.5 Å². The maximum atomic E-state index is 12.7. The van der Waals surface area contributed by atoms with Gasteiger partial charge in [0.25, 0.3) is 5.89 Å². The van der Waals surface area contributed by atoms with Gasteiger partial charge in [0.2, 0.25) is 11.7 Å². The van der Waals surface area contributed by atoms with E-state index in [1.54, 1.807) is 24.5 Å². The summed E-state index contributed by atoms with van der Waals surface area (Å²) in [4.78, 5) is 28.3. The highest BCUT2D eigenvalue weighted by molar-refractivity contribution is 6.30. The zero-order chi connectivity index (χ0) is 24.0. The molecule has 1 saturated heterocycles. The summed E-state index contributed by atoms with van der Waals surface area (Å²) in [6.07, 6.45) is 5.75. The van der Waals surface area contributed by atoms with Gasteiger partial charge in [-0.15, -0.1) is 0 Å². The van der Waals surface area contributed by atoms with Crippen LogP contribution < -0.4 is 10.2 Å². The summed E-state index contributed by atoms with van der Waals surface area (Å²) in [5.41, 5.74) is 2.53. The van der Waals surface area contributed by atoms with Crippen molar-refractivity contribution in [1.29, 1.82) is 0 Å². The van der Waals surface area contributed by atoms with E-state index in [1.807, 2.05) is 42.5 Å². The Balaban J connectivity index is 1.21. The van der Waals surface area contributed by atoms with Crippen LogP contribution in [0, 0.1) is 5.92 Å². The number of carbonyl (C=O) groups is 1. The summed E-state index contributed by atoms with van der Waals surface area (Å²) in [7, 11) is 0. The van der Waals surface area contributed by atoms with Crippen molar-refractivity contribution in [3.8, 4) is 22.8 Å². The van der Waals surface area contributed by atoms with E-state index in [0.29, 0.717) is 23.3 Å². The molecule has 9 heteroatoms. The Morgan fingerprint density at radius 3 is 2.71 bits per heavy atom. The Morgan fingerprint density at radius 2 is 1.91 bits per heavy atom. The van der Waals surface area contributed by atoms with Gasteiger partial charge in [-0.3, -0.25) is 9.78 Å². The maximum Gasteiger partial charge on any atom is 0.261 e. The predicted octanol–water partition coefficient (Wildman–Crippen LogP) is 4.42. The van der Waals surface area contributed by atoms with Crippen LogP contribution in [0.3, 0.4) is 0 Å². The van der Waals surface area contributed by atoms with E-state index in [-0.39, 0.29) is 11.8 Å². The minimum Gasteiger partial charge on any atom is -0.356 e. The number of hydrogen-bond donors (Lipinski definition) is 1. The molecular weight excluding hydrogens is 464 g/mol. The molecule has 0 unspecified atom stereocenters. The molecule has 0 spiro atoms. The average molecular weight is 489 g/mol. The van der Waals surface area contributed by atoms with Gasteiger partial charge in [-0.1, -0.05) is 35.0 Å². The minimum atomic E-state index is -0.0139. The van der Waals surface area contributed by atoms with Gasteiger partial charge in [-0.25, -0.2) is 4.98 Å². The number of amides is 1. The normalized spacial score (nSPS) is 14.1. The van der Waals surface area contributed by atoms with Crippen LogP contribution in [-0.2, 0) is 11.2 Å². The first kappa shape index (κ1) is 23.0. The number of carbonyl (C=O) groups excluding carboxylic acids is 1. The van der Waals surface area contributed by atoms with Gasteiger partial charge in [0.15, 0.2) is 0 Å².